The van der Waals surface area contributed by atoms with Gasteiger partial charge in [-0.15, -0.1) is 0 Å². The van der Waals surface area contributed by atoms with Crippen molar-refractivity contribution in [3.05, 3.63) is 58.6 Å². The average molecular weight is 400 g/mol. The van der Waals surface area contributed by atoms with Crippen LogP contribution < -0.4 is 19.5 Å². The van der Waals surface area contributed by atoms with Gasteiger partial charge in [-0.3, -0.25) is 0 Å². The summed E-state index contributed by atoms with van der Waals surface area (Å²) in [5.41, 5.74) is 2.66. The van der Waals surface area contributed by atoms with Crippen molar-refractivity contribution in [1.82, 2.24) is 20.2 Å². The summed E-state index contributed by atoms with van der Waals surface area (Å²) in [5.74, 6) is 2.33. The number of methoxy groups -OCH3 is 3. The van der Waals surface area contributed by atoms with E-state index >= 15 is 0 Å². The van der Waals surface area contributed by atoms with Crippen LogP contribution in [0.15, 0.2) is 42.5 Å². The zero-order chi connectivity index (χ0) is 19.7. The molecule has 1 aromatic heterocycles. The van der Waals surface area contributed by atoms with Gasteiger partial charge in [0.1, 0.15) is 11.8 Å². The number of anilines is 1. The van der Waals surface area contributed by atoms with Crippen molar-refractivity contribution in [3.8, 4) is 17.2 Å². The van der Waals surface area contributed by atoms with Crippen molar-refractivity contribution in [2.24, 2.45) is 0 Å². The molecule has 1 unspecified atom stereocenters. The minimum Gasteiger partial charge on any atom is -0.496 e. The van der Waals surface area contributed by atoms with Crippen molar-refractivity contribution < 1.29 is 14.2 Å². The van der Waals surface area contributed by atoms with Crippen molar-refractivity contribution in [2.75, 3.05) is 26.6 Å². The minimum atomic E-state index is -0.313. The van der Waals surface area contributed by atoms with Gasteiger partial charge in [0.25, 0.3) is 0 Å². The third kappa shape index (κ3) is 3.11. The number of hydrogen-bond acceptors (Lipinski definition) is 7. The summed E-state index contributed by atoms with van der Waals surface area (Å²) in [6.07, 6.45) is 2.02. The van der Waals surface area contributed by atoms with Crippen LogP contribution >= 0.6 is 11.6 Å². The SMILES string of the molecule is COc1cc(OC)c(C2C=C(c3ccc(Cl)cc3)Nc3nnnn32)cc1OC. The number of nitrogens with one attached hydrogen (secondary N) is 1. The second-order valence-electron chi connectivity index (χ2n) is 6.05. The van der Waals surface area contributed by atoms with Gasteiger partial charge in [-0.05, 0) is 40.3 Å². The van der Waals surface area contributed by atoms with Crippen molar-refractivity contribution >= 4 is 23.2 Å². The van der Waals surface area contributed by atoms with Crippen molar-refractivity contribution in [2.45, 2.75) is 6.04 Å². The summed E-state index contributed by atoms with van der Waals surface area (Å²) in [5, 5.41) is 15.9. The van der Waals surface area contributed by atoms with Crippen LogP contribution in [0.5, 0.6) is 17.2 Å². The lowest BCUT2D eigenvalue weighted by Crippen LogP contribution is -2.21. The Labute approximate surface area is 166 Å². The molecule has 0 amide bonds. The Morgan fingerprint density at radius 3 is 2.32 bits per heavy atom. The van der Waals surface area contributed by atoms with Crippen LogP contribution in [-0.4, -0.2) is 41.5 Å². The molecule has 0 fully saturated rings. The molecule has 4 rings (SSSR count). The molecule has 0 saturated carbocycles. The zero-order valence-corrected chi connectivity index (χ0v) is 16.3. The normalized spacial score (nSPS) is 15.3. The number of hydrogen-bond donors (Lipinski definition) is 1. The molecule has 1 N–H and O–H groups in total. The Kier molecular flexibility index (Phi) is 4.79. The number of fused-ring (bicyclic) bond motifs is 1. The predicted octanol–water partition coefficient (Wildman–Crippen LogP) is 3.41. The van der Waals surface area contributed by atoms with E-state index in [1.807, 2.05) is 36.4 Å². The molecule has 0 bridgehead atoms. The molecule has 2 heterocycles. The Morgan fingerprint density at radius 2 is 1.64 bits per heavy atom. The lowest BCUT2D eigenvalue weighted by atomic mass is 10.00. The highest BCUT2D eigenvalue weighted by Crippen LogP contribution is 2.41. The number of tetrazole rings is 1. The monoisotopic (exact) mass is 399 g/mol. The Morgan fingerprint density at radius 1 is 0.964 bits per heavy atom. The lowest BCUT2D eigenvalue weighted by Gasteiger charge is -2.25. The topological polar surface area (TPSA) is 83.3 Å². The third-order valence-electron chi connectivity index (χ3n) is 4.54. The fourth-order valence-corrected chi connectivity index (χ4v) is 3.28. The molecule has 144 valence electrons. The maximum Gasteiger partial charge on any atom is 0.248 e. The molecule has 8 nitrogen and oxygen atoms in total. The summed E-state index contributed by atoms with van der Waals surface area (Å²) in [6, 6.07) is 10.9. The van der Waals surface area contributed by atoms with E-state index in [9.17, 15) is 0 Å². The largest absolute Gasteiger partial charge is 0.496 e. The van der Waals surface area contributed by atoms with Crippen LogP contribution in [-0.2, 0) is 0 Å². The molecule has 1 aliphatic rings. The van der Waals surface area contributed by atoms with E-state index in [-0.39, 0.29) is 6.04 Å². The first kappa shape index (κ1) is 18.1. The number of benzene rings is 2. The number of aromatic nitrogens is 4. The maximum atomic E-state index is 6.02. The molecule has 1 aliphatic heterocycles. The van der Waals surface area contributed by atoms with E-state index < -0.39 is 0 Å². The van der Waals surface area contributed by atoms with Crippen LogP contribution in [0.4, 0.5) is 5.95 Å². The Bertz CT molecular complexity index is 1030. The van der Waals surface area contributed by atoms with Crippen LogP contribution in [0.1, 0.15) is 17.2 Å². The standard InChI is InChI=1S/C19H18ClN5O3/c1-26-16-10-18(28-3)17(27-2)8-13(16)15-9-14(11-4-6-12(20)7-5-11)21-19-22-23-24-25(15)19/h4-10,15H,1-3H3,(H,21,22,24). The number of allylic oxidation sites excluding steroid dienone is 1. The molecule has 2 aromatic carbocycles. The summed E-state index contributed by atoms with van der Waals surface area (Å²) >= 11 is 6.02. The first-order valence-corrected chi connectivity index (χ1v) is 8.85. The van der Waals surface area contributed by atoms with Gasteiger partial charge in [-0.2, -0.15) is 4.68 Å². The molecule has 0 aliphatic carbocycles. The fraction of sp³-hybridized carbons (Fsp3) is 0.211. The molecule has 1 atom stereocenters. The molecule has 0 radical (unpaired) electrons. The van der Waals surface area contributed by atoms with Crippen molar-refractivity contribution in [1.29, 1.82) is 0 Å². The maximum absolute atomic E-state index is 6.02. The first-order chi connectivity index (χ1) is 13.6. The highest BCUT2D eigenvalue weighted by Gasteiger charge is 2.28. The average Bonchev–Trinajstić information content (AvgIpc) is 3.21. The number of rotatable bonds is 5. The van der Waals surface area contributed by atoms with Crippen LogP contribution in [0.3, 0.4) is 0 Å². The molecule has 9 heteroatoms. The van der Waals surface area contributed by atoms with Gasteiger partial charge in [-0.1, -0.05) is 28.8 Å². The molecular formula is C19H18ClN5O3. The second-order valence-corrected chi connectivity index (χ2v) is 6.49. The van der Waals surface area contributed by atoms with Gasteiger partial charge in [0.05, 0.1) is 21.3 Å². The van der Waals surface area contributed by atoms with Crippen molar-refractivity contribution in [3.63, 3.8) is 0 Å². The van der Waals surface area contributed by atoms with E-state index in [1.165, 1.54) is 0 Å². The summed E-state index contributed by atoms with van der Waals surface area (Å²) in [6.45, 7) is 0. The van der Waals surface area contributed by atoms with Gasteiger partial charge < -0.3 is 19.5 Å². The molecular weight excluding hydrogens is 382 g/mol. The van der Waals surface area contributed by atoms with Crippen LogP contribution in [0, 0.1) is 0 Å². The first-order valence-electron chi connectivity index (χ1n) is 8.47. The van der Waals surface area contributed by atoms with Gasteiger partial charge >= 0.3 is 0 Å². The smallest absolute Gasteiger partial charge is 0.248 e. The molecule has 0 saturated heterocycles. The van der Waals surface area contributed by atoms with E-state index in [2.05, 4.69) is 20.8 Å². The van der Waals surface area contributed by atoms with E-state index in [4.69, 9.17) is 25.8 Å². The minimum absolute atomic E-state index is 0.313. The fourth-order valence-electron chi connectivity index (χ4n) is 3.16. The molecule has 28 heavy (non-hydrogen) atoms. The summed E-state index contributed by atoms with van der Waals surface area (Å²) in [4.78, 5) is 0. The Hall–Kier alpha value is -3.26. The Balaban J connectivity index is 1.87. The van der Waals surface area contributed by atoms with E-state index in [1.54, 1.807) is 32.1 Å². The highest BCUT2D eigenvalue weighted by atomic mass is 35.5. The molecule has 3 aromatic rings. The predicted molar refractivity (Wildman–Crippen MR) is 105 cm³/mol. The number of ether oxygens (including phenoxy) is 3. The van der Waals surface area contributed by atoms with Crippen LogP contribution in [0.25, 0.3) is 5.70 Å². The summed E-state index contributed by atoms with van der Waals surface area (Å²) < 4.78 is 18.1. The second kappa shape index (κ2) is 7.40. The zero-order valence-electron chi connectivity index (χ0n) is 15.5. The third-order valence-corrected chi connectivity index (χ3v) is 4.79. The van der Waals surface area contributed by atoms with Crippen LogP contribution in [0.2, 0.25) is 5.02 Å². The van der Waals surface area contributed by atoms with Gasteiger partial charge in [0, 0.05) is 22.3 Å². The van der Waals surface area contributed by atoms with E-state index in [0.717, 1.165) is 16.8 Å². The van der Waals surface area contributed by atoms with Gasteiger partial charge in [0.15, 0.2) is 11.5 Å². The lowest BCUT2D eigenvalue weighted by molar-refractivity contribution is 0.346. The van der Waals surface area contributed by atoms with Gasteiger partial charge in [0.2, 0.25) is 5.95 Å². The van der Waals surface area contributed by atoms with E-state index in [0.29, 0.717) is 28.2 Å². The quantitative estimate of drug-likeness (QED) is 0.703. The molecule has 0 spiro atoms. The summed E-state index contributed by atoms with van der Waals surface area (Å²) in [7, 11) is 4.78. The number of nitrogens with zero attached hydrogens (tertiary/aromatic N) is 4. The highest BCUT2D eigenvalue weighted by molar-refractivity contribution is 6.30. The number of halogens is 1. The van der Waals surface area contributed by atoms with Gasteiger partial charge in [-0.25, -0.2) is 0 Å².